The second-order valence-electron chi connectivity index (χ2n) is 8.26. The molecule has 2 amide bonds. The number of ether oxygens (including phenoxy) is 1. The fourth-order valence-electron chi connectivity index (χ4n) is 3.42. The molecule has 7 nitrogen and oxygen atoms in total. The number of rotatable bonds is 8. The van der Waals surface area contributed by atoms with E-state index in [1.165, 1.54) is 13.8 Å². The molecular formula is C23H24F2N2O5. The molecule has 0 aromatic heterocycles. The number of carboxylic acid groups (broad SMARTS) is 1. The zero-order valence-corrected chi connectivity index (χ0v) is 17.7. The summed E-state index contributed by atoms with van der Waals surface area (Å²) in [4.78, 5) is 34.8. The summed E-state index contributed by atoms with van der Waals surface area (Å²) in [7, 11) is 0. The van der Waals surface area contributed by atoms with Gasteiger partial charge in [0.25, 0.3) is 5.91 Å². The number of hydrogen-bond acceptors (Lipinski definition) is 4. The van der Waals surface area contributed by atoms with Crippen LogP contribution in [0.1, 0.15) is 30.9 Å². The highest BCUT2D eigenvalue weighted by molar-refractivity contribution is 5.85. The van der Waals surface area contributed by atoms with Crippen LogP contribution < -0.4 is 10.6 Å². The van der Waals surface area contributed by atoms with Crippen molar-refractivity contribution in [3.63, 3.8) is 0 Å². The number of carboxylic acids is 1. The van der Waals surface area contributed by atoms with Gasteiger partial charge in [0.2, 0.25) is 0 Å². The number of nitrogens with one attached hydrogen (secondary N) is 2. The van der Waals surface area contributed by atoms with Gasteiger partial charge in [0, 0.05) is 12.5 Å². The standard InChI is InChI=1S/C23H24F2N2O5/c1-22(2,20(29)30)12-26-19(28)23(24,25)13-27-21(31)32-11-18-16-9-5-3-7-14(16)15-8-4-6-10-17(15)18/h3-10,18H,11-13H2,1-2H3,(H,26,28)(H,27,31)(H,29,30). The van der Waals surface area contributed by atoms with E-state index in [0.29, 0.717) is 0 Å². The Bertz CT molecular complexity index is 993. The minimum Gasteiger partial charge on any atom is -0.481 e. The molecule has 0 bridgehead atoms. The summed E-state index contributed by atoms with van der Waals surface area (Å²) in [5.74, 6) is -7.07. The molecule has 3 N–H and O–H groups in total. The first-order chi connectivity index (χ1) is 15.0. The number of aliphatic carboxylic acids is 1. The number of amides is 2. The molecule has 2 aromatic rings. The van der Waals surface area contributed by atoms with E-state index in [0.717, 1.165) is 22.3 Å². The first-order valence-electron chi connectivity index (χ1n) is 10.0. The number of benzene rings is 2. The maximum absolute atomic E-state index is 14.1. The third-order valence-corrected chi connectivity index (χ3v) is 5.40. The Morgan fingerprint density at radius 2 is 1.47 bits per heavy atom. The Morgan fingerprint density at radius 1 is 0.938 bits per heavy atom. The van der Waals surface area contributed by atoms with Gasteiger partial charge in [-0.05, 0) is 36.1 Å². The molecule has 0 spiro atoms. The Balaban J connectivity index is 1.54. The van der Waals surface area contributed by atoms with E-state index in [4.69, 9.17) is 9.84 Å². The van der Waals surface area contributed by atoms with Crippen molar-refractivity contribution in [2.45, 2.75) is 25.7 Å². The highest BCUT2D eigenvalue weighted by Gasteiger charge is 2.41. The summed E-state index contributed by atoms with van der Waals surface area (Å²) in [5.41, 5.74) is 2.61. The Kier molecular flexibility index (Phi) is 6.47. The predicted octanol–water partition coefficient (Wildman–Crippen LogP) is 3.39. The Labute approximate surface area is 183 Å². The van der Waals surface area contributed by atoms with Crippen LogP contribution in [0.4, 0.5) is 13.6 Å². The van der Waals surface area contributed by atoms with Gasteiger partial charge in [0.15, 0.2) is 0 Å². The monoisotopic (exact) mass is 446 g/mol. The summed E-state index contributed by atoms with van der Waals surface area (Å²) in [6.45, 7) is 0.778. The van der Waals surface area contributed by atoms with Crippen LogP contribution in [0.15, 0.2) is 48.5 Å². The predicted molar refractivity (Wildman–Crippen MR) is 112 cm³/mol. The number of halogens is 2. The molecule has 3 rings (SSSR count). The molecule has 9 heteroatoms. The molecular weight excluding hydrogens is 422 g/mol. The average Bonchev–Trinajstić information content (AvgIpc) is 3.08. The van der Waals surface area contributed by atoms with Crippen LogP contribution in [-0.2, 0) is 14.3 Å². The maximum Gasteiger partial charge on any atom is 0.407 e. The molecule has 1 aliphatic rings. The minimum absolute atomic E-state index is 0.0512. The lowest BCUT2D eigenvalue weighted by Crippen LogP contribution is -2.50. The van der Waals surface area contributed by atoms with Gasteiger partial charge in [-0.1, -0.05) is 48.5 Å². The fraction of sp³-hybridized carbons (Fsp3) is 0.348. The van der Waals surface area contributed by atoms with Crippen LogP contribution in [0.25, 0.3) is 11.1 Å². The highest BCUT2D eigenvalue weighted by atomic mass is 19.3. The number of hydrogen-bond donors (Lipinski definition) is 3. The first-order valence-corrected chi connectivity index (χ1v) is 10.0. The molecule has 0 atom stereocenters. The molecule has 1 aliphatic carbocycles. The van der Waals surface area contributed by atoms with Crippen molar-refractivity contribution in [1.82, 2.24) is 10.6 Å². The van der Waals surface area contributed by atoms with E-state index in [9.17, 15) is 23.2 Å². The summed E-state index contributed by atoms with van der Waals surface area (Å²) in [6.07, 6.45) is -1.08. The SMILES string of the molecule is CC(C)(CNC(=O)C(F)(F)CNC(=O)OCC1c2ccccc2-c2ccccc21)C(=O)O. The normalized spacial score (nSPS) is 13.1. The van der Waals surface area contributed by atoms with Gasteiger partial charge in [-0.15, -0.1) is 0 Å². The van der Waals surface area contributed by atoms with E-state index >= 15 is 0 Å². The molecule has 0 heterocycles. The van der Waals surface area contributed by atoms with E-state index in [1.807, 2.05) is 59.2 Å². The van der Waals surface area contributed by atoms with Crippen molar-refractivity contribution in [1.29, 1.82) is 0 Å². The van der Waals surface area contributed by atoms with Crippen LogP contribution in [0, 0.1) is 5.41 Å². The van der Waals surface area contributed by atoms with Gasteiger partial charge in [-0.3, -0.25) is 9.59 Å². The molecule has 0 fully saturated rings. The minimum atomic E-state index is -3.93. The second kappa shape index (κ2) is 8.94. The quantitative estimate of drug-likeness (QED) is 0.577. The van der Waals surface area contributed by atoms with Crippen molar-refractivity contribution >= 4 is 18.0 Å². The largest absolute Gasteiger partial charge is 0.481 e. The van der Waals surface area contributed by atoms with E-state index in [2.05, 4.69) is 0 Å². The van der Waals surface area contributed by atoms with Gasteiger partial charge in [0.1, 0.15) is 6.61 Å². The van der Waals surface area contributed by atoms with E-state index < -0.39 is 42.4 Å². The van der Waals surface area contributed by atoms with Crippen molar-refractivity contribution in [2.75, 3.05) is 19.7 Å². The molecule has 0 radical (unpaired) electrons. The van der Waals surface area contributed by atoms with Crippen molar-refractivity contribution < 1.29 is 33.0 Å². The van der Waals surface area contributed by atoms with E-state index in [-0.39, 0.29) is 12.5 Å². The number of alkyl halides is 2. The van der Waals surface area contributed by atoms with Gasteiger partial charge in [-0.25, -0.2) is 4.79 Å². The molecule has 32 heavy (non-hydrogen) atoms. The number of carbonyl (C=O) groups is 3. The lowest BCUT2D eigenvalue weighted by molar-refractivity contribution is -0.149. The number of fused-ring (bicyclic) bond motifs is 3. The van der Waals surface area contributed by atoms with Gasteiger partial charge in [-0.2, -0.15) is 8.78 Å². The zero-order chi connectivity index (χ0) is 23.5. The Hall–Kier alpha value is -3.49. The van der Waals surface area contributed by atoms with Crippen molar-refractivity contribution in [2.24, 2.45) is 5.41 Å². The van der Waals surface area contributed by atoms with Crippen LogP contribution >= 0.6 is 0 Å². The van der Waals surface area contributed by atoms with Gasteiger partial charge >= 0.3 is 18.0 Å². The third-order valence-electron chi connectivity index (χ3n) is 5.40. The van der Waals surface area contributed by atoms with E-state index in [1.54, 1.807) is 0 Å². The third kappa shape index (κ3) is 4.87. The van der Waals surface area contributed by atoms with Crippen LogP contribution in [-0.4, -0.2) is 48.7 Å². The van der Waals surface area contributed by atoms with Crippen molar-refractivity contribution in [3.8, 4) is 11.1 Å². The molecule has 0 saturated carbocycles. The van der Waals surface area contributed by atoms with Crippen LogP contribution in [0.5, 0.6) is 0 Å². The zero-order valence-electron chi connectivity index (χ0n) is 17.7. The highest BCUT2D eigenvalue weighted by Crippen LogP contribution is 2.44. The summed E-state index contributed by atoms with van der Waals surface area (Å²) in [6, 6.07) is 15.4. The lowest BCUT2D eigenvalue weighted by Gasteiger charge is -2.22. The summed E-state index contributed by atoms with van der Waals surface area (Å²) < 4.78 is 33.3. The second-order valence-corrected chi connectivity index (χ2v) is 8.26. The smallest absolute Gasteiger partial charge is 0.407 e. The van der Waals surface area contributed by atoms with Crippen molar-refractivity contribution in [3.05, 3.63) is 59.7 Å². The maximum atomic E-state index is 14.1. The summed E-state index contributed by atoms with van der Waals surface area (Å²) >= 11 is 0. The fourth-order valence-corrected chi connectivity index (χ4v) is 3.42. The lowest BCUT2D eigenvalue weighted by atomic mass is 9.94. The molecule has 0 unspecified atom stereocenters. The van der Waals surface area contributed by atoms with Gasteiger partial charge in [0.05, 0.1) is 12.0 Å². The van der Waals surface area contributed by atoms with Gasteiger partial charge < -0.3 is 20.5 Å². The van der Waals surface area contributed by atoms with Crippen LogP contribution in [0.3, 0.4) is 0 Å². The number of alkyl carbamates (subject to hydrolysis) is 1. The average molecular weight is 446 g/mol. The molecule has 170 valence electrons. The molecule has 2 aromatic carbocycles. The van der Waals surface area contributed by atoms with Crippen LogP contribution in [0.2, 0.25) is 0 Å². The first kappa shape index (κ1) is 23.2. The Morgan fingerprint density at radius 3 is 2.00 bits per heavy atom. The molecule has 0 saturated heterocycles. The molecule has 0 aliphatic heterocycles. The topological polar surface area (TPSA) is 105 Å². The summed E-state index contributed by atoms with van der Waals surface area (Å²) in [5, 5.41) is 12.8. The number of carbonyl (C=O) groups excluding carboxylic acids is 2.